The molecule has 1 rings (SSSR count). The van der Waals surface area contributed by atoms with Gasteiger partial charge in [0.25, 0.3) is 0 Å². The highest BCUT2D eigenvalue weighted by atomic mass is 19.1. The Hall–Kier alpha value is -1.09. The Bertz CT molecular complexity index is 341. The van der Waals surface area contributed by atoms with Crippen LogP contribution in [0.3, 0.4) is 0 Å². The van der Waals surface area contributed by atoms with E-state index >= 15 is 0 Å². The first-order chi connectivity index (χ1) is 7.60. The van der Waals surface area contributed by atoms with Crippen LogP contribution in [0.1, 0.15) is 32.3 Å². The highest BCUT2D eigenvalue weighted by Crippen LogP contribution is 2.22. The fourth-order valence-corrected chi connectivity index (χ4v) is 1.78. The lowest BCUT2D eigenvalue weighted by molar-refractivity contribution is 0.281. The minimum absolute atomic E-state index is 0.120. The normalized spacial score (nSPS) is 12.6. The smallest absolute Gasteiger partial charge is 0.146 e. The molecule has 0 aliphatic rings. The Labute approximate surface area is 96.7 Å². The molecular weight excluding hydrogens is 205 g/mol. The molecule has 1 atom stereocenters. The van der Waals surface area contributed by atoms with Crippen molar-refractivity contribution >= 4 is 5.69 Å². The van der Waals surface area contributed by atoms with E-state index in [2.05, 4.69) is 13.8 Å². The number of rotatable bonds is 5. The van der Waals surface area contributed by atoms with Gasteiger partial charge in [-0.15, -0.1) is 0 Å². The van der Waals surface area contributed by atoms with E-state index in [0.717, 1.165) is 12.8 Å². The Morgan fingerprint density at radius 1 is 1.44 bits per heavy atom. The van der Waals surface area contributed by atoms with Crippen LogP contribution in [0.4, 0.5) is 10.1 Å². The third kappa shape index (κ3) is 2.95. The Balaban J connectivity index is 2.87. The molecule has 90 valence electrons. The van der Waals surface area contributed by atoms with E-state index in [1.807, 2.05) is 11.9 Å². The monoisotopic (exact) mass is 225 g/mol. The lowest BCUT2D eigenvalue weighted by Gasteiger charge is -2.27. The number of aliphatic hydroxyl groups excluding tert-OH is 1. The van der Waals surface area contributed by atoms with Crippen molar-refractivity contribution in [2.75, 3.05) is 11.9 Å². The lowest BCUT2D eigenvalue weighted by atomic mass is 10.1. The third-order valence-electron chi connectivity index (χ3n) is 2.94. The van der Waals surface area contributed by atoms with E-state index in [9.17, 15) is 4.39 Å². The molecule has 0 saturated heterocycles. The molecule has 1 aromatic rings. The molecule has 16 heavy (non-hydrogen) atoms. The molecule has 0 aliphatic heterocycles. The molecule has 0 amide bonds. The van der Waals surface area contributed by atoms with Gasteiger partial charge in [-0.3, -0.25) is 0 Å². The Kier molecular flexibility index (Phi) is 4.74. The van der Waals surface area contributed by atoms with Crippen LogP contribution in [0.25, 0.3) is 0 Å². The average Bonchev–Trinajstić information content (AvgIpc) is 2.28. The third-order valence-corrected chi connectivity index (χ3v) is 2.94. The summed E-state index contributed by atoms with van der Waals surface area (Å²) < 4.78 is 13.7. The van der Waals surface area contributed by atoms with Crippen LogP contribution in [0.5, 0.6) is 0 Å². The first kappa shape index (κ1) is 13.0. The predicted molar refractivity (Wildman–Crippen MR) is 65.1 cm³/mol. The number of benzene rings is 1. The van der Waals surface area contributed by atoms with E-state index in [0.29, 0.717) is 17.3 Å². The number of aliphatic hydroxyl groups is 1. The van der Waals surface area contributed by atoms with E-state index in [1.165, 1.54) is 6.07 Å². The fraction of sp³-hybridized carbons (Fsp3) is 0.538. The second-order valence-corrected chi connectivity index (χ2v) is 4.19. The van der Waals surface area contributed by atoms with Crippen LogP contribution in [0.2, 0.25) is 0 Å². The highest BCUT2D eigenvalue weighted by molar-refractivity contribution is 5.49. The molecule has 0 fully saturated rings. The van der Waals surface area contributed by atoms with Gasteiger partial charge in [0, 0.05) is 13.1 Å². The van der Waals surface area contributed by atoms with Gasteiger partial charge in [-0.05, 0) is 31.0 Å². The molecule has 0 saturated carbocycles. The summed E-state index contributed by atoms with van der Waals surface area (Å²) in [6.45, 7) is 4.09. The zero-order chi connectivity index (χ0) is 12.1. The molecular formula is C13H20FNO. The van der Waals surface area contributed by atoms with Crippen LogP contribution < -0.4 is 4.90 Å². The summed E-state index contributed by atoms with van der Waals surface area (Å²) in [6.07, 6.45) is 2.12. The zero-order valence-corrected chi connectivity index (χ0v) is 10.2. The van der Waals surface area contributed by atoms with Gasteiger partial charge in [-0.1, -0.05) is 19.4 Å². The minimum atomic E-state index is -0.267. The van der Waals surface area contributed by atoms with E-state index in [4.69, 9.17) is 5.11 Å². The molecule has 1 unspecified atom stereocenters. The van der Waals surface area contributed by atoms with Gasteiger partial charge in [-0.25, -0.2) is 4.39 Å². The maximum absolute atomic E-state index is 13.7. The van der Waals surface area contributed by atoms with Gasteiger partial charge in [0.15, 0.2) is 0 Å². The van der Waals surface area contributed by atoms with Crippen molar-refractivity contribution in [3.63, 3.8) is 0 Å². The van der Waals surface area contributed by atoms with Crippen molar-refractivity contribution in [2.45, 2.75) is 39.3 Å². The number of hydrogen-bond acceptors (Lipinski definition) is 2. The summed E-state index contributed by atoms with van der Waals surface area (Å²) in [5.41, 5.74) is 1.20. The van der Waals surface area contributed by atoms with E-state index in [-0.39, 0.29) is 12.4 Å². The van der Waals surface area contributed by atoms with Gasteiger partial charge in [0.1, 0.15) is 5.82 Å². The molecule has 3 heteroatoms. The lowest BCUT2D eigenvalue weighted by Crippen LogP contribution is -2.29. The van der Waals surface area contributed by atoms with Crippen molar-refractivity contribution in [3.05, 3.63) is 29.6 Å². The highest BCUT2D eigenvalue weighted by Gasteiger charge is 2.13. The SMILES string of the molecule is CCCC(C)N(C)c1ccc(CO)cc1F. The Morgan fingerprint density at radius 3 is 2.62 bits per heavy atom. The Morgan fingerprint density at radius 2 is 2.12 bits per heavy atom. The first-order valence-corrected chi connectivity index (χ1v) is 5.72. The first-order valence-electron chi connectivity index (χ1n) is 5.72. The zero-order valence-electron chi connectivity index (χ0n) is 10.2. The molecule has 2 nitrogen and oxygen atoms in total. The van der Waals surface area contributed by atoms with Gasteiger partial charge >= 0.3 is 0 Å². The molecule has 0 heterocycles. The number of hydrogen-bond donors (Lipinski definition) is 1. The van der Waals surface area contributed by atoms with E-state index < -0.39 is 0 Å². The molecule has 0 aliphatic carbocycles. The molecule has 1 aromatic carbocycles. The summed E-state index contributed by atoms with van der Waals surface area (Å²) in [5, 5.41) is 8.90. The van der Waals surface area contributed by atoms with Crippen molar-refractivity contribution in [2.24, 2.45) is 0 Å². The van der Waals surface area contributed by atoms with Crippen LogP contribution in [0, 0.1) is 5.82 Å². The number of anilines is 1. The molecule has 0 aromatic heterocycles. The van der Waals surface area contributed by atoms with Crippen molar-refractivity contribution in [1.82, 2.24) is 0 Å². The molecule has 0 spiro atoms. The van der Waals surface area contributed by atoms with Gasteiger partial charge in [0.05, 0.1) is 12.3 Å². The fourth-order valence-electron chi connectivity index (χ4n) is 1.78. The maximum Gasteiger partial charge on any atom is 0.146 e. The quantitative estimate of drug-likeness (QED) is 0.832. The van der Waals surface area contributed by atoms with E-state index in [1.54, 1.807) is 12.1 Å². The largest absolute Gasteiger partial charge is 0.392 e. The van der Waals surface area contributed by atoms with Crippen molar-refractivity contribution < 1.29 is 9.50 Å². The summed E-state index contributed by atoms with van der Waals surface area (Å²) in [5.74, 6) is -0.267. The molecule has 0 bridgehead atoms. The van der Waals surface area contributed by atoms with Gasteiger partial charge in [0.2, 0.25) is 0 Å². The molecule has 1 N–H and O–H groups in total. The van der Waals surface area contributed by atoms with Crippen LogP contribution >= 0.6 is 0 Å². The van der Waals surface area contributed by atoms with Crippen LogP contribution in [0.15, 0.2) is 18.2 Å². The standard InChI is InChI=1S/C13H20FNO/c1-4-5-10(2)15(3)13-7-6-11(9-16)8-12(13)14/h6-8,10,16H,4-5,9H2,1-3H3. The molecule has 0 radical (unpaired) electrons. The topological polar surface area (TPSA) is 23.5 Å². The van der Waals surface area contributed by atoms with Crippen LogP contribution in [-0.2, 0) is 6.61 Å². The summed E-state index contributed by atoms with van der Waals surface area (Å²) >= 11 is 0. The summed E-state index contributed by atoms with van der Waals surface area (Å²) in [7, 11) is 1.90. The van der Waals surface area contributed by atoms with Crippen LogP contribution in [-0.4, -0.2) is 18.2 Å². The van der Waals surface area contributed by atoms with Gasteiger partial charge in [-0.2, -0.15) is 0 Å². The summed E-state index contributed by atoms with van der Waals surface area (Å²) in [6, 6.07) is 5.20. The van der Waals surface area contributed by atoms with Crippen molar-refractivity contribution in [3.8, 4) is 0 Å². The minimum Gasteiger partial charge on any atom is -0.392 e. The maximum atomic E-state index is 13.7. The number of nitrogens with zero attached hydrogens (tertiary/aromatic N) is 1. The summed E-state index contributed by atoms with van der Waals surface area (Å²) in [4.78, 5) is 1.94. The van der Waals surface area contributed by atoms with Crippen molar-refractivity contribution in [1.29, 1.82) is 0 Å². The average molecular weight is 225 g/mol. The second kappa shape index (κ2) is 5.85. The predicted octanol–water partition coefficient (Wildman–Crippen LogP) is 2.94. The van der Waals surface area contributed by atoms with Gasteiger partial charge < -0.3 is 10.0 Å². The second-order valence-electron chi connectivity index (χ2n) is 4.19. The number of halogens is 1.